The van der Waals surface area contributed by atoms with Gasteiger partial charge in [-0.1, -0.05) is 6.92 Å². The quantitative estimate of drug-likeness (QED) is 0.770. The summed E-state index contributed by atoms with van der Waals surface area (Å²) in [6, 6.07) is 1.41. The topological polar surface area (TPSA) is 84.3 Å². The second kappa shape index (κ2) is 6.78. The Balaban J connectivity index is 2.64. The molecule has 0 bridgehead atoms. The molecule has 6 nitrogen and oxygen atoms in total. The van der Waals surface area contributed by atoms with E-state index in [1.54, 1.807) is 26.1 Å². The second-order valence-corrected chi connectivity index (χ2v) is 4.13. The molecule has 0 aliphatic rings. The summed E-state index contributed by atoms with van der Waals surface area (Å²) in [5, 5.41) is 11.9. The molecule has 0 aliphatic heterocycles. The maximum absolute atomic E-state index is 10.8. The molecular weight excluding hydrogens is 234 g/mol. The summed E-state index contributed by atoms with van der Waals surface area (Å²) in [5.74, 6) is -0.504. The zero-order chi connectivity index (χ0) is 13.5. The van der Waals surface area contributed by atoms with Crippen LogP contribution >= 0.6 is 0 Å². The van der Waals surface area contributed by atoms with E-state index in [9.17, 15) is 4.79 Å². The Morgan fingerprint density at radius 3 is 2.89 bits per heavy atom. The molecule has 2 unspecified atom stereocenters. The van der Waals surface area contributed by atoms with Gasteiger partial charge in [-0.2, -0.15) is 4.98 Å². The number of aromatic nitrogens is 2. The van der Waals surface area contributed by atoms with Gasteiger partial charge in [0.05, 0.1) is 12.5 Å². The van der Waals surface area contributed by atoms with Crippen LogP contribution in [-0.2, 0) is 4.79 Å². The van der Waals surface area contributed by atoms with Gasteiger partial charge in [0, 0.05) is 18.3 Å². The molecule has 0 radical (unpaired) electrons. The van der Waals surface area contributed by atoms with Crippen molar-refractivity contribution in [3.05, 3.63) is 12.3 Å². The number of ether oxygens (including phenoxy) is 1. The van der Waals surface area contributed by atoms with Gasteiger partial charge in [-0.3, -0.25) is 4.79 Å². The van der Waals surface area contributed by atoms with Crippen LogP contribution in [0.5, 0.6) is 5.88 Å². The largest absolute Gasteiger partial charge is 0.481 e. The van der Waals surface area contributed by atoms with Crippen molar-refractivity contribution in [1.82, 2.24) is 9.97 Å². The van der Waals surface area contributed by atoms with Crippen LogP contribution in [0.4, 0.5) is 5.95 Å². The molecule has 0 spiro atoms. The Morgan fingerprint density at radius 1 is 1.56 bits per heavy atom. The Kier molecular flexibility index (Phi) is 5.35. The van der Waals surface area contributed by atoms with E-state index in [0.29, 0.717) is 18.4 Å². The summed E-state index contributed by atoms with van der Waals surface area (Å²) < 4.78 is 5.38. The first-order chi connectivity index (χ1) is 8.54. The number of carboxylic acid groups (broad SMARTS) is 1. The van der Waals surface area contributed by atoms with Crippen molar-refractivity contribution in [2.45, 2.75) is 33.2 Å². The molecule has 18 heavy (non-hydrogen) atoms. The molecule has 0 amide bonds. The Morgan fingerprint density at radius 2 is 2.28 bits per heavy atom. The van der Waals surface area contributed by atoms with E-state index < -0.39 is 11.9 Å². The van der Waals surface area contributed by atoms with Gasteiger partial charge in [-0.25, -0.2) is 4.98 Å². The average molecular weight is 253 g/mol. The molecule has 0 fully saturated rings. The van der Waals surface area contributed by atoms with Crippen LogP contribution in [0.15, 0.2) is 12.3 Å². The smallest absolute Gasteiger partial charge is 0.308 e. The van der Waals surface area contributed by atoms with E-state index in [1.165, 1.54) is 0 Å². The van der Waals surface area contributed by atoms with Crippen LogP contribution in [0.2, 0.25) is 0 Å². The number of nitrogens with one attached hydrogen (secondary N) is 1. The highest BCUT2D eigenvalue weighted by Crippen LogP contribution is 2.12. The fourth-order valence-corrected chi connectivity index (χ4v) is 1.24. The number of aliphatic carboxylic acids is 1. The molecule has 2 atom stereocenters. The van der Waals surface area contributed by atoms with Crippen LogP contribution in [0.3, 0.4) is 0 Å². The average Bonchev–Trinajstić information content (AvgIpc) is 2.35. The highest BCUT2D eigenvalue weighted by molar-refractivity contribution is 5.70. The molecule has 100 valence electrons. The number of anilines is 1. The standard InChI is InChI=1S/C12H19N3O3/c1-4-7-18-10-5-6-13-12(15-10)14-9(3)8(2)11(16)17/h5-6,8-9H,4,7H2,1-3H3,(H,16,17)(H,13,14,15). The third-order valence-corrected chi connectivity index (χ3v) is 2.58. The van der Waals surface area contributed by atoms with Crippen LogP contribution in [0.1, 0.15) is 27.2 Å². The summed E-state index contributed by atoms with van der Waals surface area (Å²) in [6.45, 7) is 6.02. The summed E-state index contributed by atoms with van der Waals surface area (Å²) in [4.78, 5) is 19.0. The predicted molar refractivity (Wildman–Crippen MR) is 67.7 cm³/mol. The number of hydrogen-bond donors (Lipinski definition) is 2. The van der Waals surface area contributed by atoms with E-state index in [4.69, 9.17) is 9.84 Å². The second-order valence-electron chi connectivity index (χ2n) is 4.13. The maximum atomic E-state index is 10.8. The Labute approximate surface area is 106 Å². The van der Waals surface area contributed by atoms with Crippen molar-refractivity contribution in [1.29, 1.82) is 0 Å². The van der Waals surface area contributed by atoms with E-state index in [1.807, 2.05) is 6.92 Å². The molecule has 0 saturated heterocycles. The lowest BCUT2D eigenvalue weighted by molar-refractivity contribution is -0.141. The van der Waals surface area contributed by atoms with Gasteiger partial charge >= 0.3 is 5.97 Å². The third kappa shape index (κ3) is 4.20. The van der Waals surface area contributed by atoms with Gasteiger partial charge in [0.2, 0.25) is 11.8 Å². The maximum Gasteiger partial charge on any atom is 0.308 e. The molecule has 1 aromatic heterocycles. The van der Waals surface area contributed by atoms with Gasteiger partial charge in [0.15, 0.2) is 0 Å². The van der Waals surface area contributed by atoms with Crippen molar-refractivity contribution >= 4 is 11.9 Å². The van der Waals surface area contributed by atoms with Crippen LogP contribution in [0, 0.1) is 5.92 Å². The van der Waals surface area contributed by atoms with Gasteiger partial charge in [0.25, 0.3) is 0 Å². The first-order valence-electron chi connectivity index (χ1n) is 5.99. The molecule has 0 aromatic carbocycles. The van der Waals surface area contributed by atoms with Crippen LogP contribution < -0.4 is 10.1 Å². The van der Waals surface area contributed by atoms with Crippen molar-refractivity contribution < 1.29 is 14.6 Å². The van der Waals surface area contributed by atoms with Crippen molar-refractivity contribution in [2.24, 2.45) is 5.92 Å². The number of carboxylic acids is 1. The summed E-state index contributed by atoms with van der Waals surface area (Å²) in [6.07, 6.45) is 2.48. The molecule has 6 heteroatoms. The van der Waals surface area contributed by atoms with E-state index in [2.05, 4.69) is 15.3 Å². The summed E-state index contributed by atoms with van der Waals surface area (Å²) in [7, 11) is 0. The van der Waals surface area contributed by atoms with Crippen LogP contribution in [-0.4, -0.2) is 33.7 Å². The molecule has 1 rings (SSSR count). The van der Waals surface area contributed by atoms with E-state index >= 15 is 0 Å². The van der Waals surface area contributed by atoms with Crippen LogP contribution in [0.25, 0.3) is 0 Å². The van der Waals surface area contributed by atoms with Gasteiger partial charge in [-0.15, -0.1) is 0 Å². The predicted octanol–water partition coefficient (Wildman–Crippen LogP) is 1.79. The van der Waals surface area contributed by atoms with Crippen molar-refractivity contribution in [3.8, 4) is 5.88 Å². The van der Waals surface area contributed by atoms with Gasteiger partial charge in [0.1, 0.15) is 0 Å². The molecular formula is C12H19N3O3. The zero-order valence-corrected chi connectivity index (χ0v) is 10.9. The van der Waals surface area contributed by atoms with Crippen molar-refractivity contribution in [2.75, 3.05) is 11.9 Å². The normalized spacial score (nSPS) is 13.7. The fourth-order valence-electron chi connectivity index (χ4n) is 1.24. The molecule has 2 N–H and O–H groups in total. The highest BCUT2D eigenvalue weighted by Gasteiger charge is 2.19. The number of hydrogen-bond acceptors (Lipinski definition) is 5. The number of nitrogens with zero attached hydrogens (tertiary/aromatic N) is 2. The van der Waals surface area contributed by atoms with E-state index in [-0.39, 0.29) is 6.04 Å². The lowest BCUT2D eigenvalue weighted by atomic mass is 10.0. The fraction of sp³-hybridized carbons (Fsp3) is 0.583. The summed E-state index contributed by atoms with van der Waals surface area (Å²) >= 11 is 0. The lowest BCUT2D eigenvalue weighted by Gasteiger charge is -2.17. The number of carbonyl (C=O) groups is 1. The van der Waals surface area contributed by atoms with Gasteiger partial charge < -0.3 is 15.2 Å². The summed E-state index contributed by atoms with van der Waals surface area (Å²) in [5.41, 5.74) is 0. The lowest BCUT2D eigenvalue weighted by Crippen LogP contribution is -2.30. The first kappa shape index (κ1) is 14.2. The minimum Gasteiger partial charge on any atom is -0.481 e. The van der Waals surface area contributed by atoms with E-state index in [0.717, 1.165) is 6.42 Å². The number of rotatable bonds is 7. The molecule has 0 saturated carbocycles. The zero-order valence-electron chi connectivity index (χ0n) is 10.9. The first-order valence-corrected chi connectivity index (χ1v) is 5.99. The Bertz CT molecular complexity index is 398. The molecule has 0 aliphatic carbocycles. The molecule has 1 heterocycles. The Hall–Kier alpha value is -1.85. The van der Waals surface area contributed by atoms with Gasteiger partial charge in [-0.05, 0) is 20.3 Å². The monoisotopic (exact) mass is 253 g/mol. The highest BCUT2D eigenvalue weighted by atomic mass is 16.5. The minimum absolute atomic E-state index is 0.260. The minimum atomic E-state index is -0.853. The SMILES string of the molecule is CCCOc1ccnc(NC(C)C(C)C(=O)O)n1. The third-order valence-electron chi connectivity index (χ3n) is 2.58. The molecule has 1 aromatic rings. The van der Waals surface area contributed by atoms with Crippen molar-refractivity contribution in [3.63, 3.8) is 0 Å².